The lowest BCUT2D eigenvalue weighted by molar-refractivity contribution is 0.0741. The van der Waals surface area contributed by atoms with E-state index < -0.39 is 0 Å². The number of imidazole rings is 1. The molecule has 0 aliphatic carbocycles. The molecule has 0 N–H and O–H groups in total. The first-order chi connectivity index (χ1) is 11.6. The molecule has 5 nitrogen and oxygen atoms in total. The van der Waals surface area contributed by atoms with E-state index in [0.717, 1.165) is 22.8 Å². The summed E-state index contributed by atoms with van der Waals surface area (Å²) in [7, 11) is 1.94. The van der Waals surface area contributed by atoms with Gasteiger partial charge in [0.2, 0.25) is 0 Å². The number of carbonyl (C=O) groups excluding carboxylic acids is 1. The van der Waals surface area contributed by atoms with Crippen LogP contribution in [-0.2, 0) is 13.6 Å². The fourth-order valence-corrected chi connectivity index (χ4v) is 2.71. The molecule has 0 atom stereocenters. The number of benzene rings is 1. The second-order valence-electron chi connectivity index (χ2n) is 5.80. The zero-order valence-electron chi connectivity index (χ0n) is 14.2. The van der Waals surface area contributed by atoms with E-state index in [1.54, 1.807) is 17.4 Å². The van der Waals surface area contributed by atoms with Crippen molar-refractivity contribution in [2.75, 3.05) is 6.54 Å². The molecule has 2 aromatic heterocycles. The molecule has 2 heterocycles. The van der Waals surface area contributed by atoms with Gasteiger partial charge >= 0.3 is 0 Å². The summed E-state index contributed by atoms with van der Waals surface area (Å²) in [5.74, 6) is 1.65. The topological polar surface area (TPSA) is 51.3 Å². The highest BCUT2D eigenvalue weighted by atomic mass is 16.3. The summed E-state index contributed by atoms with van der Waals surface area (Å²) >= 11 is 0. The fraction of sp³-hybridized carbons (Fsp3) is 0.263. The van der Waals surface area contributed by atoms with Crippen LogP contribution in [0.1, 0.15) is 28.8 Å². The van der Waals surface area contributed by atoms with E-state index in [0.29, 0.717) is 18.7 Å². The summed E-state index contributed by atoms with van der Waals surface area (Å²) in [6.45, 7) is 4.96. The summed E-state index contributed by atoms with van der Waals surface area (Å²) in [4.78, 5) is 18.8. The minimum Gasteiger partial charge on any atom is -0.464 e. The quantitative estimate of drug-likeness (QED) is 0.720. The minimum absolute atomic E-state index is 0.00410. The molecular weight excluding hydrogens is 302 g/mol. The van der Waals surface area contributed by atoms with Crippen molar-refractivity contribution in [2.45, 2.75) is 20.4 Å². The molecule has 0 saturated carbocycles. The fourth-order valence-electron chi connectivity index (χ4n) is 2.71. The summed E-state index contributed by atoms with van der Waals surface area (Å²) < 4.78 is 7.53. The van der Waals surface area contributed by atoms with Gasteiger partial charge in [-0.15, -0.1) is 0 Å². The second-order valence-corrected chi connectivity index (χ2v) is 5.80. The Bertz CT molecular complexity index is 848. The van der Waals surface area contributed by atoms with E-state index in [-0.39, 0.29) is 5.91 Å². The lowest BCUT2D eigenvalue weighted by atomic mass is 10.1. The van der Waals surface area contributed by atoms with Crippen LogP contribution in [0.25, 0.3) is 11.3 Å². The molecule has 3 rings (SSSR count). The molecule has 124 valence electrons. The molecule has 5 heteroatoms. The molecule has 3 aromatic rings. The van der Waals surface area contributed by atoms with E-state index in [4.69, 9.17) is 4.42 Å². The highest BCUT2D eigenvalue weighted by Gasteiger charge is 2.17. The molecule has 24 heavy (non-hydrogen) atoms. The van der Waals surface area contributed by atoms with Gasteiger partial charge in [0.15, 0.2) is 0 Å². The first-order valence-corrected chi connectivity index (χ1v) is 8.00. The number of amides is 1. The maximum Gasteiger partial charge on any atom is 0.254 e. The van der Waals surface area contributed by atoms with E-state index in [1.165, 1.54) is 0 Å². The third kappa shape index (κ3) is 3.25. The lowest BCUT2D eigenvalue weighted by Gasteiger charge is -2.20. The smallest absolute Gasteiger partial charge is 0.254 e. The Hall–Kier alpha value is -2.82. The van der Waals surface area contributed by atoms with Gasteiger partial charge in [0.25, 0.3) is 5.91 Å². The highest BCUT2D eigenvalue weighted by molar-refractivity contribution is 5.95. The van der Waals surface area contributed by atoms with Crippen LogP contribution in [0.4, 0.5) is 0 Å². The van der Waals surface area contributed by atoms with Crippen molar-refractivity contribution >= 4 is 5.91 Å². The number of rotatable bonds is 5. The Morgan fingerprint density at radius 2 is 2.12 bits per heavy atom. The first kappa shape index (κ1) is 16.1. The lowest BCUT2D eigenvalue weighted by Crippen LogP contribution is -2.30. The van der Waals surface area contributed by atoms with Crippen LogP contribution in [0.3, 0.4) is 0 Å². The van der Waals surface area contributed by atoms with E-state index >= 15 is 0 Å². The Balaban J connectivity index is 1.84. The minimum atomic E-state index is -0.00410. The Morgan fingerprint density at radius 1 is 1.29 bits per heavy atom. The van der Waals surface area contributed by atoms with Gasteiger partial charge in [-0.25, -0.2) is 4.98 Å². The van der Waals surface area contributed by atoms with Crippen LogP contribution >= 0.6 is 0 Å². The molecule has 0 spiro atoms. The van der Waals surface area contributed by atoms with E-state index in [9.17, 15) is 4.79 Å². The molecule has 1 aromatic carbocycles. The first-order valence-electron chi connectivity index (χ1n) is 8.00. The average molecular weight is 323 g/mol. The Labute approximate surface area is 141 Å². The van der Waals surface area contributed by atoms with E-state index in [2.05, 4.69) is 4.98 Å². The van der Waals surface area contributed by atoms with Crippen LogP contribution < -0.4 is 0 Å². The number of aromatic nitrogens is 2. The number of carbonyl (C=O) groups is 1. The largest absolute Gasteiger partial charge is 0.464 e. The molecule has 0 unspecified atom stereocenters. The molecular formula is C19H21N3O2. The van der Waals surface area contributed by atoms with Crippen molar-refractivity contribution in [1.82, 2.24) is 14.5 Å². The van der Waals surface area contributed by atoms with Crippen molar-refractivity contribution < 1.29 is 9.21 Å². The second kappa shape index (κ2) is 6.74. The van der Waals surface area contributed by atoms with Gasteiger partial charge in [-0.1, -0.05) is 12.1 Å². The normalized spacial score (nSPS) is 10.8. The predicted molar refractivity (Wildman–Crippen MR) is 92.5 cm³/mol. The number of hydrogen-bond donors (Lipinski definition) is 0. The SMILES string of the molecule is CCN(Cc1ccc(C)o1)C(=O)c1cccc(-c2cncn2C)c1. The van der Waals surface area contributed by atoms with Crippen molar-refractivity contribution in [3.63, 3.8) is 0 Å². The van der Waals surface area contributed by atoms with Crippen molar-refractivity contribution in [1.29, 1.82) is 0 Å². The van der Waals surface area contributed by atoms with Gasteiger partial charge in [0.05, 0.1) is 24.8 Å². The van der Waals surface area contributed by atoms with Gasteiger partial charge in [0.1, 0.15) is 11.5 Å². The number of furan rings is 1. The van der Waals surface area contributed by atoms with Gasteiger partial charge in [0, 0.05) is 24.7 Å². The summed E-state index contributed by atoms with van der Waals surface area (Å²) in [5.41, 5.74) is 2.62. The predicted octanol–water partition coefficient (Wildman–Crippen LogP) is 3.65. The van der Waals surface area contributed by atoms with Crippen LogP contribution in [0.15, 0.2) is 53.3 Å². The Kier molecular flexibility index (Phi) is 4.51. The molecule has 0 radical (unpaired) electrons. The number of nitrogens with zero attached hydrogens (tertiary/aromatic N) is 3. The van der Waals surface area contributed by atoms with Crippen LogP contribution in [0.2, 0.25) is 0 Å². The molecule has 1 amide bonds. The van der Waals surface area contributed by atoms with Gasteiger partial charge in [-0.3, -0.25) is 4.79 Å². The zero-order chi connectivity index (χ0) is 17.1. The average Bonchev–Trinajstić information content (AvgIpc) is 3.20. The van der Waals surface area contributed by atoms with Crippen LogP contribution in [0, 0.1) is 6.92 Å². The van der Waals surface area contributed by atoms with Crippen molar-refractivity contribution in [2.24, 2.45) is 7.05 Å². The highest BCUT2D eigenvalue weighted by Crippen LogP contribution is 2.21. The third-order valence-corrected chi connectivity index (χ3v) is 4.03. The molecule has 0 fully saturated rings. The monoisotopic (exact) mass is 323 g/mol. The van der Waals surface area contributed by atoms with Crippen LogP contribution in [-0.4, -0.2) is 26.9 Å². The zero-order valence-corrected chi connectivity index (χ0v) is 14.2. The van der Waals surface area contributed by atoms with Gasteiger partial charge in [-0.05, 0) is 38.1 Å². The number of aryl methyl sites for hydroxylation is 2. The Morgan fingerprint density at radius 3 is 2.75 bits per heavy atom. The number of hydrogen-bond acceptors (Lipinski definition) is 3. The molecule has 0 aliphatic rings. The molecule has 0 aliphatic heterocycles. The summed E-state index contributed by atoms with van der Waals surface area (Å²) in [6.07, 6.45) is 3.55. The maximum absolute atomic E-state index is 12.9. The van der Waals surface area contributed by atoms with Gasteiger partial charge < -0.3 is 13.9 Å². The maximum atomic E-state index is 12.9. The van der Waals surface area contributed by atoms with E-state index in [1.807, 2.05) is 61.9 Å². The van der Waals surface area contributed by atoms with Gasteiger partial charge in [-0.2, -0.15) is 0 Å². The summed E-state index contributed by atoms with van der Waals surface area (Å²) in [5, 5.41) is 0. The molecule has 0 bridgehead atoms. The van der Waals surface area contributed by atoms with Crippen LogP contribution in [0.5, 0.6) is 0 Å². The summed E-state index contributed by atoms with van der Waals surface area (Å²) in [6, 6.07) is 11.5. The molecule has 0 saturated heterocycles. The van der Waals surface area contributed by atoms with Crippen molar-refractivity contribution in [3.8, 4) is 11.3 Å². The third-order valence-electron chi connectivity index (χ3n) is 4.03. The van der Waals surface area contributed by atoms with Crippen molar-refractivity contribution in [3.05, 3.63) is 66.0 Å². The standard InChI is InChI=1S/C19H21N3O2/c1-4-22(12-17-9-8-14(2)24-17)19(23)16-7-5-6-15(10-16)18-11-20-13-21(18)3/h5-11,13H,4,12H2,1-3H3.